The van der Waals surface area contributed by atoms with Crippen molar-refractivity contribution in [1.82, 2.24) is 9.97 Å². The van der Waals surface area contributed by atoms with Crippen molar-refractivity contribution in [3.05, 3.63) is 59.2 Å². The van der Waals surface area contributed by atoms with E-state index in [0.717, 1.165) is 28.1 Å². The minimum atomic E-state index is 0. The number of aromatic nitrogens is 2. The van der Waals surface area contributed by atoms with Crippen LogP contribution in [0.2, 0.25) is 5.02 Å². The van der Waals surface area contributed by atoms with Crippen LogP contribution in [0.3, 0.4) is 0 Å². The van der Waals surface area contributed by atoms with Crippen molar-refractivity contribution in [2.75, 3.05) is 5.32 Å². The summed E-state index contributed by atoms with van der Waals surface area (Å²) in [7, 11) is 0. The van der Waals surface area contributed by atoms with Gasteiger partial charge in [0.15, 0.2) is 0 Å². The molecular formula is C16H16Cl2N3-. The first-order chi connectivity index (χ1) is 9.22. The average Bonchev–Trinajstić information content (AvgIpc) is 2.40. The molecule has 3 rings (SSSR count). The molecule has 0 aliphatic heterocycles. The van der Waals surface area contributed by atoms with Gasteiger partial charge in [0.25, 0.3) is 0 Å². The second-order valence-electron chi connectivity index (χ2n) is 4.35. The average molecular weight is 321 g/mol. The van der Waals surface area contributed by atoms with Crippen LogP contribution in [0.15, 0.2) is 48.7 Å². The number of benzene rings is 1. The lowest BCUT2D eigenvalue weighted by molar-refractivity contribution is -0.00000428. The number of hydrogen-bond donors (Lipinski definition) is 1. The zero-order chi connectivity index (χ0) is 13.2. The Bertz CT molecular complexity index is 744. The van der Waals surface area contributed by atoms with E-state index in [9.17, 15) is 0 Å². The molecule has 2 aromatic heterocycles. The van der Waals surface area contributed by atoms with Gasteiger partial charge in [0.2, 0.25) is 0 Å². The maximum Gasteiger partial charge on any atom is 0.132 e. The predicted octanol–water partition coefficient (Wildman–Crippen LogP) is 1.98. The van der Waals surface area contributed by atoms with Gasteiger partial charge in [-0.15, -0.1) is 0 Å². The summed E-state index contributed by atoms with van der Waals surface area (Å²) >= 11 is 6.15. The first-order valence-electron chi connectivity index (χ1n) is 5.97. The number of rotatable bonds is 2. The first-order valence-corrected chi connectivity index (χ1v) is 6.35. The lowest BCUT2D eigenvalue weighted by Crippen LogP contribution is -3.00. The van der Waals surface area contributed by atoms with Gasteiger partial charge in [-0.05, 0) is 42.8 Å². The van der Waals surface area contributed by atoms with Crippen LogP contribution in [0.25, 0.3) is 10.9 Å². The minimum absolute atomic E-state index is 0. The molecule has 2 heterocycles. The smallest absolute Gasteiger partial charge is 0.132 e. The number of fused-ring (bicyclic) bond motifs is 1. The normalized spacial score (nSPS) is 9.62. The van der Waals surface area contributed by atoms with E-state index in [0.29, 0.717) is 5.02 Å². The zero-order valence-corrected chi connectivity index (χ0v) is 12.3. The van der Waals surface area contributed by atoms with Gasteiger partial charge in [-0.25, -0.2) is 9.97 Å². The second kappa shape index (κ2) is 7.25. The van der Waals surface area contributed by atoms with Crippen molar-refractivity contribution in [1.29, 1.82) is 0 Å². The Morgan fingerprint density at radius 2 is 1.86 bits per heavy atom. The van der Waals surface area contributed by atoms with Crippen molar-refractivity contribution in [2.45, 2.75) is 14.4 Å². The van der Waals surface area contributed by atoms with E-state index in [1.165, 1.54) is 0 Å². The fraction of sp³-hybridized carbons (Fsp3) is 0.125. The molecule has 110 valence electrons. The highest BCUT2D eigenvalue weighted by molar-refractivity contribution is 6.35. The molecule has 0 unspecified atom stereocenters. The quantitative estimate of drug-likeness (QED) is 0.784. The standard InChI is InChI=1S/C15H12ClN3.CH4.ClH/c1-10-7-8-17-14(9-10)18-13-6-5-11-3-2-4-12(16)15(11)19-13;;/h2-9H,1H3,(H,17,18,19);1H4;1H/p-1. The summed E-state index contributed by atoms with van der Waals surface area (Å²) < 4.78 is 0. The van der Waals surface area contributed by atoms with Crippen molar-refractivity contribution in [3.63, 3.8) is 0 Å². The van der Waals surface area contributed by atoms with E-state index >= 15 is 0 Å². The number of para-hydroxylation sites is 1. The summed E-state index contributed by atoms with van der Waals surface area (Å²) in [5, 5.41) is 4.86. The van der Waals surface area contributed by atoms with Gasteiger partial charge < -0.3 is 17.7 Å². The molecule has 1 aromatic carbocycles. The zero-order valence-electron chi connectivity index (χ0n) is 10.8. The van der Waals surface area contributed by atoms with Crippen LogP contribution < -0.4 is 17.7 Å². The van der Waals surface area contributed by atoms with Gasteiger partial charge in [0, 0.05) is 11.6 Å². The van der Waals surface area contributed by atoms with Gasteiger partial charge in [-0.2, -0.15) is 0 Å². The molecule has 21 heavy (non-hydrogen) atoms. The number of anilines is 2. The van der Waals surface area contributed by atoms with E-state index in [2.05, 4.69) is 15.3 Å². The monoisotopic (exact) mass is 320 g/mol. The van der Waals surface area contributed by atoms with Crippen LogP contribution in [-0.4, -0.2) is 9.97 Å². The van der Waals surface area contributed by atoms with Gasteiger partial charge in [-0.3, -0.25) is 0 Å². The van der Waals surface area contributed by atoms with Crippen LogP contribution >= 0.6 is 11.6 Å². The number of hydrogen-bond acceptors (Lipinski definition) is 3. The highest BCUT2D eigenvalue weighted by atomic mass is 35.5. The molecule has 0 saturated heterocycles. The van der Waals surface area contributed by atoms with E-state index < -0.39 is 0 Å². The number of halogens is 2. The van der Waals surface area contributed by atoms with Crippen molar-refractivity contribution < 1.29 is 12.4 Å². The highest BCUT2D eigenvalue weighted by Crippen LogP contribution is 2.24. The molecule has 0 atom stereocenters. The molecule has 0 aliphatic rings. The Kier molecular flexibility index (Phi) is 5.94. The molecule has 0 radical (unpaired) electrons. The topological polar surface area (TPSA) is 37.8 Å². The third-order valence-electron chi connectivity index (χ3n) is 2.84. The summed E-state index contributed by atoms with van der Waals surface area (Å²) in [5.41, 5.74) is 1.94. The molecule has 0 aliphatic carbocycles. The van der Waals surface area contributed by atoms with Crippen LogP contribution in [0, 0.1) is 6.92 Å². The van der Waals surface area contributed by atoms with Gasteiger partial charge in [0.1, 0.15) is 11.6 Å². The van der Waals surface area contributed by atoms with Crippen LogP contribution in [-0.2, 0) is 0 Å². The molecule has 3 aromatic rings. The lowest BCUT2D eigenvalue weighted by atomic mass is 10.2. The molecule has 5 heteroatoms. The predicted molar refractivity (Wildman–Crippen MR) is 85.7 cm³/mol. The molecule has 0 amide bonds. The molecule has 1 N–H and O–H groups in total. The largest absolute Gasteiger partial charge is 1.00 e. The number of nitrogens with one attached hydrogen (secondary N) is 1. The maximum atomic E-state index is 6.15. The number of aryl methyl sites for hydroxylation is 1. The Morgan fingerprint density at radius 1 is 1.05 bits per heavy atom. The Hall–Kier alpha value is -1.84. The van der Waals surface area contributed by atoms with Crippen molar-refractivity contribution >= 4 is 34.1 Å². The summed E-state index contributed by atoms with van der Waals surface area (Å²) in [6.07, 6.45) is 1.77. The SMILES string of the molecule is C.Cc1ccnc(Nc2ccc3cccc(Cl)c3n2)c1.[Cl-]. The maximum absolute atomic E-state index is 6.15. The first kappa shape index (κ1) is 17.2. The van der Waals surface area contributed by atoms with Crippen LogP contribution in [0.4, 0.5) is 11.6 Å². The van der Waals surface area contributed by atoms with E-state index in [1.807, 2.05) is 49.4 Å². The summed E-state index contributed by atoms with van der Waals surface area (Å²) in [6.45, 7) is 2.03. The molecule has 0 spiro atoms. The Balaban J connectivity index is 0.00000110. The molecule has 3 nitrogen and oxygen atoms in total. The fourth-order valence-electron chi connectivity index (χ4n) is 1.92. The van der Waals surface area contributed by atoms with Gasteiger partial charge in [0.05, 0.1) is 10.5 Å². The van der Waals surface area contributed by atoms with E-state index in [1.54, 1.807) is 6.20 Å². The van der Waals surface area contributed by atoms with Crippen molar-refractivity contribution in [2.24, 2.45) is 0 Å². The lowest BCUT2D eigenvalue weighted by Gasteiger charge is -2.07. The van der Waals surface area contributed by atoms with Crippen molar-refractivity contribution in [3.8, 4) is 0 Å². The summed E-state index contributed by atoms with van der Waals surface area (Å²) in [5.74, 6) is 1.51. The van der Waals surface area contributed by atoms with E-state index in [4.69, 9.17) is 11.6 Å². The molecule has 0 fully saturated rings. The summed E-state index contributed by atoms with van der Waals surface area (Å²) in [6, 6.07) is 13.6. The number of nitrogens with zero attached hydrogens (tertiary/aromatic N) is 2. The number of pyridine rings is 2. The third kappa shape index (κ3) is 3.84. The van der Waals surface area contributed by atoms with Gasteiger partial charge in [-0.1, -0.05) is 31.2 Å². The van der Waals surface area contributed by atoms with Crippen LogP contribution in [0.5, 0.6) is 0 Å². The fourth-order valence-corrected chi connectivity index (χ4v) is 2.14. The third-order valence-corrected chi connectivity index (χ3v) is 3.15. The Morgan fingerprint density at radius 3 is 2.62 bits per heavy atom. The minimum Gasteiger partial charge on any atom is -1.00 e. The molecule has 0 saturated carbocycles. The van der Waals surface area contributed by atoms with Crippen LogP contribution in [0.1, 0.15) is 13.0 Å². The second-order valence-corrected chi connectivity index (χ2v) is 4.76. The molecular weight excluding hydrogens is 305 g/mol. The molecule has 0 bridgehead atoms. The van der Waals surface area contributed by atoms with E-state index in [-0.39, 0.29) is 19.8 Å². The Labute approximate surface area is 135 Å². The van der Waals surface area contributed by atoms with Gasteiger partial charge >= 0.3 is 0 Å². The summed E-state index contributed by atoms with van der Waals surface area (Å²) in [4.78, 5) is 8.77. The highest BCUT2D eigenvalue weighted by Gasteiger charge is 2.03.